The zero-order chi connectivity index (χ0) is 26.9. The van der Waals surface area contributed by atoms with E-state index in [1.54, 1.807) is 66.7 Å². The molecule has 4 nitrogen and oxygen atoms in total. The van der Waals surface area contributed by atoms with Gasteiger partial charge in [-0.25, -0.2) is 4.39 Å². The van der Waals surface area contributed by atoms with Crippen LogP contribution in [-0.2, 0) is 0 Å². The third-order valence-electron chi connectivity index (χ3n) is 8.35. The second kappa shape index (κ2) is 8.58. The van der Waals surface area contributed by atoms with E-state index in [1.807, 2.05) is 41.3 Å². The standard InChI is InChI=1S/C33H21ClFNO3/c34-21-16-13-20(14-17-21)30(37)29-28(24-10-4-5-11-25(24)35)33(31(38)22-8-2-3-9-23(22)32(33)39)27-18-15-19-7-1-6-12-26(19)36(27)29/h1-18,27-29H/t27-,28+,29-/m1/s1. The summed E-state index contributed by atoms with van der Waals surface area (Å²) < 4.78 is 15.7. The second-order valence-electron chi connectivity index (χ2n) is 10.2. The number of benzene rings is 4. The van der Waals surface area contributed by atoms with Crippen LogP contribution in [0.25, 0.3) is 6.08 Å². The summed E-state index contributed by atoms with van der Waals surface area (Å²) in [6.07, 6.45) is 3.71. The average molecular weight is 534 g/mol. The van der Waals surface area contributed by atoms with Gasteiger partial charge in [-0.05, 0) is 47.5 Å². The molecule has 1 spiro atoms. The van der Waals surface area contributed by atoms with Crippen molar-refractivity contribution in [2.24, 2.45) is 5.41 Å². The summed E-state index contributed by atoms with van der Waals surface area (Å²) in [5.41, 5.74) is 0.965. The molecule has 39 heavy (non-hydrogen) atoms. The number of rotatable bonds is 3. The van der Waals surface area contributed by atoms with E-state index in [0.29, 0.717) is 27.4 Å². The largest absolute Gasteiger partial charge is 0.352 e. The highest BCUT2D eigenvalue weighted by molar-refractivity contribution is 6.32. The van der Waals surface area contributed by atoms with Gasteiger partial charge in [0.25, 0.3) is 0 Å². The zero-order valence-corrected chi connectivity index (χ0v) is 21.3. The zero-order valence-electron chi connectivity index (χ0n) is 20.6. The number of para-hydroxylation sites is 1. The van der Waals surface area contributed by atoms with Crippen LogP contribution in [0.15, 0.2) is 103 Å². The number of hydrogen-bond acceptors (Lipinski definition) is 4. The Morgan fingerprint density at radius 2 is 1.41 bits per heavy atom. The van der Waals surface area contributed by atoms with Gasteiger partial charge < -0.3 is 4.90 Å². The molecule has 2 heterocycles. The molecule has 190 valence electrons. The lowest BCUT2D eigenvalue weighted by atomic mass is 9.64. The van der Waals surface area contributed by atoms with E-state index in [1.165, 1.54) is 6.07 Å². The smallest absolute Gasteiger partial charge is 0.185 e. The minimum atomic E-state index is -1.73. The fraction of sp³-hybridized carbons (Fsp3) is 0.121. The quantitative estimate of drug-likeness (QED) is 0.215. The van der Waals surface area contributed by atoms with Crippen LogP contribution in [0.4, 0.5) is 10.1 Å². The molecule has 1 saturated heterocycles. The van der Waals surface area contributed by atoms with Crippen molar-refractivity contribution in [3.05, 3.63) is 142 Å². The number of hydrogen-bond donors (Lipinski definition) is 0. The normalized spacial score (nSPS) is 22.1. The number of carbonyl (C=O) groups is 3. The van der Waals surface area contributed by atoms with Gasteiger partial charge in [-0.1, -0.05) is 84.4 Å². The molecule has 1 fully saturated rings. The predicted octanol–water partition coefficient (Wildman–Crippen LogP) is 6.80. The molecule has 0 aromatic heterocycles. The minimum absolute atomic E-state index is 0.166. The number of nitrogens with zero attached hydrogens (tertiary/aromatic N) is 1. The fourth-order valence-corrected chi connectivity index (χ4v) is 6.90. The van der Waals surface area contributed by atoms with Crippen molar-refractivity contribution in [2.75, 3.05) is 4.90 Å². The van der Waals surface area contributed by atoms with Crippen LogP contribution in [0, 0.1) is 11.2 Å². The number of Topliss-reactive ketones (excluding diaryl/α,β-unsaturated/α-hetero) is 3. The molecule has 6 heteroatoms. The summed E-state index contributed by atoms with van der Waals surface area (Å²) >= 11 is 6.12. The Kier molecular flexibility index (Phi) is 5.23. The van der Waals surface area contributed by atoms with Crippen LogP contribution in [0.3, 0.4) is 0 Å². The predicted molar refractivity (Wildman–Crippen MR) is 148 cm³/mol. The second-order valence-corrected chi connectivity index (χ2v) is 10.6. The van der Waals surface area contributed by atoms with Gasteiger partial charge in [0, 0.05) is 33.3 Å². The first kappa shape index (κ1) is 23.7. The molecule has 0 amide bonds. The SMILES string of the molecule is O=C(c1ccc(Cl)cc1)[C@H]1[C@H](c2ccccc2F)C2(C(=O)c3ccccc3C2=O)[C@H]2C=Cc3ccccc3N12. The lowest BCUT2D eigenvalue weighted by molar-refractivity contribution is 0.0664. The van der Waals surface area contributed by atoms with E-state index >= 15 is 4.39 Å². The van der Waals surface area contributed by atoms with Crippen molar-refractivity contribution in [1.82, 2.24) is 0 Å². The average Bonchev–Trinajstić information content (AvgIpc) is 3.39. The fourth-order valence-electron chi connectivity index (χ4n) is 6.77. The molecular formula is C33H21ClFNO3. The number of ketones is 3. The Bertz CT molecular complexity index is 1690. The minimum Gasteiger partial charge on any atom is -0.352 e. The van der Waals surface area contributed by atoms with Gasteiger partial charge in [0.15, 0.2) is 17.3 Å². The molecule has 3 aliphatic rings. The Balaban J connectivity index is 1.56. The molecule has 1 aliphatic carbocycles. The molecule has 0 saturated carbocycles. The first-order chi connectivity index (χ1) is 18.9. The Labute approximate surface area is 229 Å². The summed E-state index contributed by atoms with van der Waals surface area (Å²) in [5, 5.41) is 0.473. The van der Waals surface area contributed by atoms with Crippen LogP contribution < -0.4 is 4.90 Å². The van der Waals surface area contributed by atoms with E-state index in [4.69, 9.17) is 11.6 Å². The molecule has 0 unspecified atom stereocenters. The van der Waals surface area contributed by atoms with Crippen LogP contribution in [0.1, 0.15) is 48.1 Å². The highest BCUT2D eigenvalue weighted by Gasteiger charge is 2.71. The molecule has 3 atom stereocenters. The van der Waals surface area contributed by atoms with Gasteiger partial charge >= 0.3 is 0 Å². The van der Waals surface area contributed by atoms with Gasteiger partial charge in [0.05, 0.1) is 6.04 Å². The number of carbonyl (C=O) groups excluding carboxylic acids is 3. The Morgan fingerprint density at radius 3 is 2.10 bits per heavy atom. The molecular weight excluding hydrogens is 513 g/mol. The third-order valence-corrected chi connectivity index (χ3v) is 8.60. The van der Waals surface area contributed by atoms with Crippen LogP contribution in [0.2, 0.25) is 5.02 Å². The highest BCUT2D eigenvalue weighted by atomic mass is 35.5. The molecule has 0 radical (unpaired) electrons. The summed E-state index contributed by atoms with van der Waals surface area (Å²) in [7, 11) is 0. The number of anilines is 1. The number of fused-ring (bicyclic) bond motifs is 5. The van der Waals surface area contributed by atoms with Crippen LogP contribution >= 0.6 is 11.6 Å². The summed E-state index contributed by atoms with van der Waals surface area (Å²) in [5.74, 6) is -2.74. The molecule has 0 N–H and O–H groups in total. The van der Waals surface area contributed by atoms with Crippen molar-refractivity contribution in [3.63, 3.8) is 0 Å². The molecule has 0 bridgehead atoms. The Morgan fingerprint density at radius 1 is 0.795 bits per heavy atom. The van der Waals surface area contributed by atoms with Gasteiger partial charge in [0.2, 0.25) is 0 Å². The van der Waals surface area contributed by atoms with Crippen molar-refractivity contribution >= 4 is 40.7 Å². The topological polar surface area (TPSA) is 54.5 Å². The molecule has 4 aromatic carbocycles. The van der Waals surface area contributed by atoms with E-state index in [9.17, 15) is 14.4 Å². The monoisotopic (exact) mass is 533 g/mol. The maximum absolute atomic E-state index is 15.7. The summed E-state index contributed by atoms with van der Waals surface area (Å²) in [6, 6.07) is 25.1. The van der Waals surface area contributed by atoms with Gasteiger partial charge in [-0.3, -0.25) is 14.4 Å². The van der Waals surface area contributed by atoms with E-state index < -0.39 is 29.2 Å². The number of halogens is 2. The molecule has 4 aromatic rings. The highest BCUT2D eigenvalue weighted by Crippen LogP contribution is 2.61. The molecule has 2 aliphatic heterocycles. The van der Waals surface area contributed by atoms with Gasteiger partial charge in [-0.15, -0.1) is 0 Å². The first-order valence-corrected chi connectivity index (χ1v) is 13.1. The molecule has 7 rings (SSSR count). The summed E-state index contributed by atoms with van der Waals surface area (Å²) in [4.78, 5) is 45.4. The third kappa shape index (κ3) is 3.14. The van der Waals surface area contributed by atoms with Crippen LogP contribution in [0.5, 0.6) is 0 Å². The maximum atomic E-state index is 15.7. The van der Waals surface area contributed by atoms with Crippen LogP contribution in [-0.4, -0.2) is 29.4 Å². The van der Waals surface area contributed by atoms with E-state index in [0.717, 1.165) is 5.56 Å². The van der Waals surface area contributed by atoms with Gasteiger partial charge in [0.1, 0.15) is 17.3 Å². The first-order valence-electron chi connectivity index (χ1n) is 12.7. The van der Waals surface area contributed by atoms with E-state index in [2.05, 4.69) is 0 Å². The van der Waals surface area contributed by atoms with E-state index in [-0.39, 0.29) is 22.9 Å². The van der Waals surface area contributed by atoms with Crippen molar-refractivity contribution in [1.29, 1.82) is 0 Å². The Hall–Kier alpha value is -4.35. The van der Waals surface area contributed by atoms with Crippen molar-refractivity contribution < 1.29 is 18.8 Å². The lowest BCUT2D eigenvalue weighted by Crippen LogP contribution is -2.48. The lowest BCUT2D eigenvalue weighted by Gasteiger charge is -2.37. The van der Waals surface area contributed by atoms with Crippen molar-refractivity contribution in [2.45, 2.75) is 18.0 Å². The van der Waals surface area contributed by atoms with Gasteiger partial charge in [-0.2, -0.15) is 0 Å². The summed E-state index contributed by atoms with van der Waals surface area (Å²) in [6.45, 7) is 0. The maximum Gasteiger partial charge on any atom is 0.185 e. The van der Waals surface area contributed by atoms with Crippen molar-refractivity contribution in [3.8, 4) is 0 Å².